The number of carbonyl (C=O) groups is 1. The van der Waals surface area contributed by atoms with Gasteiger partial charge in [0.05, 0.1) is 19.3 Å². The average Bonchev–Trinajstić information content (AvgIpc) is 3.02. The monoisotopic (exact) mass is 367 g/mol. The van der Waals surface area contributed by atoms with Crippen molar-refractivity contribution in [3.8, 4) is 0 Å². The summed E-state index contributed by atoms with van der Waals surface area (Å²) in [7, 11) is 0. The van der Waals surface area contributed by atoms with Crippen LogP contribution >= 0.6 is 0 Å². The van der Waals surface area contributed by atoms with Crippen LogP contribution in [0.4, 0.5) is 4.79 Å². The quantitative estimate of drug-likeness (QED) is 0.672. The van der Waals surface area contributed by atoms with E-state index in [-0.39, 0.29) is 18.2 Å². The van der Waals surface area contributed by atoms with Gasteiger partial charge < -0.3 is 14.4 Å². The molecular formula is C23H29NO3. The van der Waals surface area contributed by atoms with Gasteiger partial charge in [0.1, 0.15) is 5.60 Å². The van der Waals surface area contributed by atoms with E-state index in [0.717, 1.165) is 18.4 Å². The molecular weight excluding hydrogens is 338 g/mol. The normalized spacial score (nSPS) is 20.0. The molecule has 144 valence electrons. The Balaban J connectivity index is 1.62. The van der Waals surface area contributed by atoms with Crippen molar-refractivity contribution in [2.45, 2.75) is 58.0 Å². The second-order valence-electron chi connectivity index (χ2n) is 8.16. The SMILES string of the molecule is C=CC[C@H]1C[C@@H](OCc2ccc3ccccc3c2)CN1C(=O)OC(C)(C)C. The number of amides is 1. The Hall–Kier alpha value is -2.33. The van der Waals surface area contributed by atoms with Gasteiger partial charge in [-0.3, -0.25) is 0 Å². The number of hydrogen-bond acceptors (Lipinski definition) is 3. The minimum Gasteiger partial charge on any atom is -0.444 e. The minimum absolute atomic E-state index is 0.00828. The van der Waals surface area contributed by atoms with Gasteiger partial charge in [0.25, 0.3) is 0 Å². The molecule has 0 aromatic heterocycles. The molecule has 2 aromatic carbocycles. The van der Waals surface area contributed by atoms with Crippen molar-refractivity contribution < 1.29 is 14.3 Å². The third-order valence-electron chi connectivity index (χ3n) is 4.74. The summed E-state index contributed by atoms with van der Waals surface area (Å²) in [6.45, 7) is 10.6. The average molecular weight is 367 g/mol. The predicted octanol–water partition coefficient (Wildman–Crippen LogP) is 5.31. The molecule has 1 saturated heterocycles. The molecule has 4 heteroatoms. The molecule has 1 heterocycles. The summed E-state index contributed by atoms with van der Waals surface area (Å²) < 4.78 is 11.7. The maximum Gasteiger partial charge on any atom is 0.410 e. The zero-order valence-electron chi connectivity index (χ0n) is 16.5. The third kappa shape index (κ3) is 5.10. The number of benzene rings is 2. The van der Waals surface area contributed by atoms with Gasteiger partial charge in [-0.05, 0) is 56.0 Å². The van der Waals surface area contributed by atoms with E-state index in [1.165, 1.54) is 10.8 Å². The van der Waals surface area contributed by atoms with Crippen LogP contribution in [0.15, 0.2) is 55.1 Å². The summed E-state index contributed by atoms with van der Waals surface area (Å²) in [5.41, 5.74) is 0.643. The molecule has 2 aromatic rings. The summed E-state index contributed by atoms with van der Waals surface area (Å²) in [5.74, 6) is 0. The number of fused-ring (bicyclic) bond motifs is 1. The fourth-order valence-corrected chi connectivity index (χ4v) is 3.50. The first-order chi connectivity index (χ1) is 12.9. The number of carbonyl (C=O) groups excluding carboxylic acids is 1. The second kappa shape index (κ2) is 8.13. The molecule has 3 rings (SSSR count). The highest BCUT2D eigenvalue weighted by molar-refractivity contribution is 5.82. The van der Waals surface area contributed by atoms with E-state index >= 15 is 0 Å². The molecule has 0 saturated carbocycles. The maximum atomic E-state index is 12.5. The van der Waals surface area contributed by atoms with Crippen LogP contribution in [0.5, 0.6) is 0 Å². The predicted molar refractivity (Wildman–Crippen MR) is 109 cm³/mol. The van der Waals surface area contributed by atoms with E-state index in [1.807, 2.05) is 39.0 Å². The molecule has 1 amide bonds. The lowest BCUT2D eigenvalue weighted by Crippen LogP contribution is -2.40. The summed E-state index contributed by atoms with van der Waals surface area (Å²) in [5, 5.41) is 2.44. The van der Waals surface area contributed by atoms with Crippen molar-refractivity contribution in [2.24, 2.45) is 0 Å². The zero-order chi connectivity index (χ0) is 19.4. The van der Waals surface area contributed by atoms with Gasteiger partial charge in [-0.1, -0.05) is 42.5 Å². The van der Waals surface area contributed by atoms with E-state index in [2.05, 4.69) is 36.9 Å². The summed E-state index contributed by atoms with van der Waals surface area (Å²) in [6.07, 6.45) is 3.14. The third-order valence-corrected chi connectivity index (χ3v) is 4.74. The lowest BCUT2D eigenvalue weighted by atomic mass is 10.1. The van der Waals surface area contributed by atoms with E-state index in [0.29, 0.717) is 13.2 Å². The van der Waals surface area contributed by atoms with Crippen molar-refractivity contribution in [1.82, 2.24) is 4.90 Å². The van der Waals surface area contributed by atoms with Crippen LogP contribution in [0.3, 0.4) is 0 Å². The molecule has 0 unspecified atom stereocenters. The molecule has 0 aliphatic carbocycles. The summed E-state index contributed by atoms with van der Waals surface area (Å²) in [6, 6.07) is 14.8. The highest BCUT2D eigenvalue weighted by Gasteiger charge is 2.37. The number of likely N-dealkylation sites (tertiary alicyclic amines) is 1. The lowest BCUT2D eigenvalue weighted by Gasteiger charge is -2.28. The fourth-order valence-electron chi connectivity index (χ4n) is 3.50. The molecule has 0 spiro atoms. The van der Waals surface area contributed by atoms with Crippen LogP contribution < -0.4 is 0 Å². The Morgan fingerprint density at radius 3 is 2.67 bits per heavy atom. The number of rotatable bonds is 5. The molecule has 1 fully saturated rings. The summed E-state index contributed by atoms with van der Waals surface area (Å²) >= 11 is 0. The molecule has 27 heavy (non-hydrogen) atoms. The van der Waals surface area contributed by atoms with Gasteiger partial charge in [-0.15, -0.1) is 6.58 Å². The largest absolute Gasteiger partial charge is 0.444 e. The van der Waals surface area contributed by atoms with Gasteiger partial charge >= 0.3 is 6.09 Å². The van der Waals surface area contributed by atoms with Gasteiger partial charge in [-0.25, -0.2) is 4.79 Å². The van der Waals surface area contributed by atoms with Crippen molar-refractivity contribution in [1.29, 1.82) is 0 Å². The second-order valence-corrected chi connectivity index (χ2v) is 8.16. The van der Waals surface area contributed by atoms with Crippen molar-refractivity contribution in [2.75, 3.05) is 6.54 Å². The van der Waals surface area contributed by atoms with E-state index in [1.54, 1.807) is 4.90 Å². The van der Waals surface area contributed by atoms with Gasteiger partial charge in [0.2, 0.25) is 0 Å². The number of nitrogens with zero attached hydrogens (tertiary/aromatic N) is 1. The Morgan fingerprint density at radius 2 is 1.96 bits per heavy atom. The van der Waals surface area contributed by atoms with Crippen LogP contribution in [0.1, 0.15) is 39.2 Å². The molecule has 0 radical (unpaired) electrons. The molecule has 0 N–H and O–H groups in total. The standard InChI is InChI=1S/C23H29NO3/c1-5-8-20-14-21(15-24(20)22(25)27-23(2,3)4)26-16-17-11-12-18-9-6-7-10-19(18)13-17/h5-7,9-13,20-21H,1,8,14-16H2,2-4H3/t20-,21+/m0/s1. The van der Waals surface area contributed by atoms with E-state index in [9.17, 15) is 4.79 Å². The Kier molecular flexibility index (Phi) is 5.85. The van der Waals surface area contributed by atoms with Crippen LogP contribution in [0.2, 0.25) is 0 Å². The van der Waals surface area contributed by atoms with E-state index in [4.69, 9.17) is 9.47 Å². The van der Waals surface area contributed by atoms with Gasteiger partial charge in [-0.2, -0.15) is 0 Å². The van der Waals surface area contributed by atoms with E-state index < -0.39 is 5.60 Å². The van der Waals surface area contributed by atoms with Crippen LogP contribution in [0.25, 0.3) is 10.8 Å². The first kappa shape index (κ1) is 19.4. The lowest BCUT2D eigenvalue weighted by molar-refractivity contribution is 0.0151. The molecule has 1 aliphatic heterocycles. The molecule has 0 bridgehead atoms. The van der Waals surface area contributed by atoms with Crippen LogP contribution in [0, 0.1) is 0 Å². The summed E-state index contributed by atoms with van der Waals surface area (Å²) in [4.78, 5) is 14.3. The molecule has 1 aliphatic rings. The van der Waals surface area contributed by atoms with Crippen molar-refractivity contribution >= 4 is 16.9 Å². The molecule has 2 atom stereocenters. The highest BCUT2D eigenvalue weighted by Crippen LogP contribution is 2.26. The Labute approximate surface area is 161 Å². The number of ether oxygens (including phenoxy) is 2. The zero-order valence-corrected chi connectivity index (χ0v) is 16.5. The first-order valence-electron chi connectivity index (χ1n) is 9.55. The highest BCUT2D eigenvalue weighted by atomic mass is 16.6. The number of hydrogen-bond donors (Lipinski definition) is 0. The van der Waals surface area contributed by atoms with Crippen LogP contribution in [-0.4, -0.2) is 35.3 Å². The minimum atomic E-state index is -0.500. The fraction of sp³-hybridized carbons (Fsp3) is 0.435. The van der Waals surface area contributed by atoms with Crippen molar-refractivity contribution in [3.63, 3.8) is 0 Å². The Bertz CT molecular complexity index is 809. The maximum absolute atomic E-state index is 12.5. The topological polar surface area (TPSA) is 38.8 Å². The Morgan fingerprint density at radius 1 is 1.22 bits per heavy atom. The van der Waals surface area contributed by atoms with Gasteiger partial charge in [0.15, 0.2) is 0 Å². The first-order valence-corrected chi connectivity index (χ1v) is 9.55. The van der Waals surface area contributed by atoms with Gasteiger partial charge in [0, 0.05) is 6.04 Å². The molecule has 4 nitrogen and oxygen atoms in total. The smallest absolute Gasteiger partial charge is 0.410 e. The van der Waals surface area contributed by atoms with Crippen molar-refractivity contribution in [3.05, 3.63) is 60.7 Å². The van der Waals surface area contributed by atoms with Crippen LogP contribution in [-0.2, 0) is 16.1 Å².